The zero-order valence-corrected chi connectivity index (χ0v) is 39.7. The van der Waals surface area contributed by atoms with Gasteiger partial charge in [-0.05, 0) is 38.2 Å². The molecular weight excluding hydrogens is 731 g/mol. The minimum atomic E-state index is -0.806. The lowest BCUT2D eigenvalue weighted by molar-refractivity contribution is -0.148. The van der Waals surface area contributed by atoms with E-state index in [9.17, 15) is 19.8 Å². The van der Waals surface area contributed by atoms with Gasteiger partial charge in [-0.3, -0.25) is 9.59 Å². The summed E-state index contributed by atoms with van der Waals surface area (Å²) in [4.78, 5) is 26.0. The van der Waals surface area contributed by atoms with Crippen molar-refractivity contribution in [2.75, 3.05) is 6.61 Å². The summed E-state index contributed by atoms with van der Waals surface area (Å²) in [5.41, 5.74) is 0. The zero-order chi connectivity index (χ0) is 43.1. The van der Waals surface area contributed by atoms with Gasteiger partial charge in [0.2, 0.25) is 5.91 Å². The first-order valence-corrected chi connectivity index (χ1v) is 26.1. The molecule has 0 fully saturated rings. The molecule has 0 spiro atoms. The summed E-state index contributed by atoms with van der Waals surface area (Å²) in [6, 6.07) is -0.727. The molecule has 3 N–H and O–H groups in total. The molecule has 0 aromatic heterocycles. The van der Waals surface area contributed by atoms with E-state index in [2.05, 4.69) is 38.2 Å². The number of unbranched alkanes of at least 4 members (excludes halogenated alkanes) is 33. The Morgan fingerprint density at radius 2 is 0.898 bits per heavy atom. The highest BCUT2D eigenvalue weighted by Crippen LogP contribution is 2.17. The fraction of sp³-hybridized carbons (Fsp3) is 0.887. The molecule has 0 aliphatic carbocycles. The van der Waals surface area contributed by atoms with Crippen molar-refractivity contribution < 1.29 is 24.5 Å². The highest BCUT2D eigenvalue weighted by atomic mass is 16.5. The van der Waals surface area contributed by atoms with Gasteiger partial charge in [-0.25, -0.2) is 0 Å². The second-order valence-electron chi connectivity index (χ2n) is 17.9. The first-order chi connectivity index (χ1) is 29.0. The summed E-state index contributed by atoms with van der Waals surface area (Å²) < 4.78 is 5.82. The average molecular weight is 832 g/mol. The lowest BCUT2D eigenvalue weighted by Crippen LogP contribution is -2.46. The molecule has 0 aromatic carbocycles. The third-order valence-electron chi connectivity index (χ3n) is 12.0. The van der Waals surface area contributed by atoms with Crippen LogP contribution in [0.4, 0.5) is 0 Å². The van der Waals surface area contributed by atoms with Gasteiger partial charge < -0.3 is 20.3 Å². The molecule has 3 atom stereocenters. The van der Waals surface area contributed by atoms with E-state index in [-0.39, 0.29) is 24.9 Å². The fourth-order valence-corrected chi connectivity index (χ4v) is 8.04. The molecule has 1 amide bonds. The van der Waals surface area contributed by atoms with Crippen LogP contribution in [0.5, 0.6) is 0 Å². The molecule has 0 bridgehead atoms. The molecule has 0 aliphatic heterocycles. The first-order valence-electron chi connectivity index (χ1n) is 26.1. The first kappa shape index (κ1) is 57.3. The van der Waals surface area contributed by atoms with Crippen molar-refractivity contribution in [2.45, 2.75) is 296 Å². The quantitative estimate of drug-likeness (QED) is 0.0322. The Morgan fingerprint density at radius 1 is 0.508 bits per heavy atom. The molecule has 0 radical (unpaired) electrons. The molecule has 0 aliphatic rings. The summed E-state index contributed by atoms with van der Waals surface area (Å²) in [6.07, 6.45) is 54.1. The molecule has 0 rings (SSSR count). The van der Waals surface area contributed by atoms with Gasteiger partial charge >= 0.3 is 5.97 Å². The van der Waals surface area contributed by atoms with Crippen LogP contribution >= 0.6 is 0 Å². The third kappa shape index (κ3) is 42.8. The van der Waals surface area contributed by atoms with Crippen LogP contribution in [0.2, 0.25) is 0 Å². The number of hydrogen-bond donors (Lipinski definition) is 3. The number of carbonyl (C=O) groups excluding carboxylic acids is 2. The predicted molar refractivity (Wildman–Crippen MR) is 255 cm³/mol. The maximum Gasteiger partial charge on any atom is 0.306 e. The molecule has 0 heterocycles. The summed E-state index contributed by atoms with van der Waals surface area (Å²) >= 11 is 0. The van der Waals surface area contributed by atoms with E-state index >= 15 is 0 Å². The van der Waals surface area contributed by atoms with Crippen LogP contribution in [0.25, 0.3) is 0 Å². The van der Waals surface area contributed by atoms with Crippen LogP contribution in [-0.4, -0.2) is 46.9 Å². The van der Waals surface area contributed by atoms with Crippen LogP contribution in [0.15, 0.2) is 24.3 Å². The van der Waals surface area contributed by atoms with Gasteiger partial charge in [0.1, 0.15) is 6.10 Å². The van der Waals surface area contributed by atoms with Gasteiger partial charge in [0, 0.05) is 6.42 Å². The second-order valence-corrected chi connectivity index (χ2v) is 17.9. The Kier molecular flexibility index (Phi) is 46.1. The van der Waals surface area contributed by atoms with Crippen molar-refractivity contribution in [2.24, 2.45) is 0 Å². The van der Waals surface area contributed by atoms with Crippen molar-refractivity contribution in [3.63, 3.8) is 0 Å². The lowest BCUT2D eigenvalue weighted by atomic mass is 10.0. The average Bonchev–Trinajstić information content (AvgIpc) is 3.23. The van der Waals surface area contributed by atoms with Gasteiger partial charge in [0.25, 0.3) is 0 Å². The number of aliphatic hydroxyl groups is 2. The monoisotopic (exact) mass is 832 g/mol. The number of carbonyl (C=O) groups is 2. The smallest absolute Gasteiger partial charge is 0.306 e. The summed E-state index contributed by atoms with van der Waals surface area (Å²) in [6.45, 7) is 6.46. The molecule has 59 heavy (non-hydrogen) atoms. The SMILES string of the molecule is CCCCCCCC/C=C\C/C=C/C(CC(=O)NC(CO)C(O)CCCCCCCCCCCCCCCCCC)OC(=O)CCCCCCCCCCCCCCC. The third-order valence-corrected chi connectivity index (χ3v) is 12.0. The van der Waals surface area contributed by atoms with Crippen molar-refractivity contribution in [1.82, 2.24) is 5.32 Å². The minimum Gasteiger partial charge on any atom is -0.458 e. The van der Waals surface area contributed by atoms with Crippen molar-refractivity contribution in [1.29, 1.82) is 0 Å². The topological polar surface area (TPSA) is 95.9 Å². The number of allylic oxidation sites excluding steroid dienone is 3. The maximum absolute atomic E-state index is 13.1. The van der Waals surface area contributed by atoms with E-state index in [1.54, 1.807) is 0 Å². The summed E-state index contributed by atoms with van der Waals surface area (Å²) in [5, 5.41) is 23.7. The molecular formula is C53H101NO5. The Hall–Kier alpha value is -1.66. The van der Waals surface area contributed by atoms with Gasteiger partial charge in [0.15, 0.2) is 0 Å². The van der Waals surface area contributed by atoms with E-state index in [1.165, 1.54) is 186 Å². The molecule has 0 saturated carbocycles. The number of esters is 1. The number of nitrogens with one attached hydrogen (secondary N) is 1. The summed E-state index contributed by atoms with van der Waals surface area (Å²) in [5.74, 6) is -0.589. The number of hydrogen-bond acceptors (Lipinski definition) is 5. The van der Waals surface area contributed by atoms with Gasteiger partial charge in [-0.2, -0.15) is 0 Å². The Labute approximate surface area is 367 Å². The largest absolute Gasteiger partial charge is 0.458 e. The fourth-order valence-electron chi connectivity index (χ4n) is 8.04. The van der Waals surface area contributed by atoms with Crippen LogP contribution < -0.4 is 5.32 Å². The number of ether oxygens (including phenoxy) is 1. The van der Waals surface area contributed by atoms with Gasteiger partial charge in [0.05, 0.1) is 25.2 Å². The molecule has 3 unspecified atom stereocenters. The maximum atomic E-state index is 13.1. The minimum absolute atomic E-state index is 0.0232. The number of aliphatic hydroxyl groups excluding tert-OH is 2. The molecule has 0 aromatic rings. The highest BCUT2D eigenvalue weighted by Gasteiger charge is 2.23. The normalized spacial score (nSPS) is 13.4. The lowest BCUT2D eigenvalue weighted by Gasteiger charge is -2.23. The number of amides is 1. The Morgan fingerprint density at radius 3 is 1.32 bits per heavy atom. The van der Waals surface area contributed by atoms with Gasteiger partial charge in [-0.1, -0.05) is 251 Å². The highest BCUT2D eigenvalue weighted by molar-refractivity contribution is 5.78. The number of rotatable bonds is 47. The Balaban J connectivity index is 4.53. The van der Waals surface area contributed by atoms with Crippen molar-refractivity contribution >= 4 is 11.9 Å². The van der Waals surface area contributed by atoms with E-state index in [0.717, 1.165) is 51.4 Å². The van der Waals surface area contributed by atoms with Crippen molar-refractivity contribution in [3.8, 4) is 0 Å². The van der Waals surface area contributed by atoms with E-state index in [1.807, 2.05) is 12.2 Å². The molecule has 0 saturated heterocycles. The molecule has 6 nitrogen and oxygen atoms in total. The van der Waals surface area contributed by atoms with Crippen LogP contribution in [-0.2, 0) is 14.3 Å². The molecule has 348 valence electrons. The van der Waals surface area contributed by atoms with Crippen LogP contribution in [0, 0.1) is 0 Å². The van der Waals surface area contributed by atoms with Crippen LogP contribution in [0.3, 0.4) is 0 Å². The molecule has 6 heteroatoms. The van der Waals surface area contributed by atoms with Crippen LogP contribution in [0.1, 0.15) is 278 Å². The zero-order valence-electron chi connectivity index (χ0n) is 39.7. The van der Waals surface area contributed by atoms with Crippen molar-refractivity contribution in [3.05, 3.63) is 24.3 Å². The van der Waals surface area contributed by atoms with E-state index in [4.69, 9.17) is 4.74 Å². The summed E-state index contributed by atoms with van der Waals surface area (Å²) in [7, 11) is 0. The standard InChI is InChI=1S/C53H101NO5/c1-4-7-10-13-16-19-22-24-25-26-28-30-33-36-39-42-45-51(56)50(48-55)54-52(57)47-49(44-41-38-35-32-29-21-18-15-12-9-6-3)59-53(58)46-43-40-37-34-31-27-23-20-17-14-11-8-5-2/h32,35,41,44,49-51,55-56H,4-31,33-34,36-40,42-43,45-48H2,1-3H3,(H,54,57)/b35-32-,44-41+. The predicted octanol–water partition coefficient (Wildman–Crippen LogP) is 15.5. The van der Waals surface area contributed by atoms with E-state index in [0.29, 0.717) is 12.8 Å². The Bertz CT molecular complexity index is 935. The second kappa shape index (κ2) is 47.4. The van der Waals surface area contributed by atoms with E-state index < -0.39 is 18.2 Å². The van der Waals surface area contributed by atoms with Gasteiger partial charge in [-0.15, -0.1) is 0 Å².